The van der Waals surface area contributed by atoms with E-state index in [4.69, 9.17) is 0 Å². The molecule has 0 atom stereocenters. The number of rotatable bonds is 4. The van der Waals surface area contributed by atoms with Gasteiger partial charge in [-0.05, 0) is 24.3 Å². The number of benzene rings is 2. The van der Waals surface area contributed by atoms with E-state index in [-0.39, 0.29) is 11.4 Å². The fourth-order valence-electron chi connectivity index (χ4n) is 1.72. The van der Waals surface area contributed by atoms with Crippen LogP contribution >= 0.6 is 0 Å². The molecule has 0 aliphatic carbocycles. The Labute approximate surface area is 128 Å². The van der Waals surface area contributed by atoms with E-state index in [0.717, 1.165) is 6.07 Å². The number of hydrazone groups is 1. The molecule has 0 bridgehead atoms. The van der Waals surface area contributed by atoms with E-state index in [9.17, 15) is 28.4 Å². The summed E-state index contributed by atoms with van der Waals surface area (Å²) in [5.41, 5.74) is 0.560. The molecule has 2 rings (SSSR count). The van der Waals surface area contributed by atoms with E-state index in [0.29, 0.717) is 17.7 Å². The molecular formula is C14H10F3N3O3. The Morgan fingerprint density at radius 2 is 1.91 bits per heavy atom. The molecule has 120 valence electrons. The van der Waals surface area contributed by atoms with Crippen molar-refractivity contribution >= 4 is 17.6 Å². The van der Waals surface area contributed by atoms with Gasteiger partial charge in [0, 0.05) is 11.6 Å². The first kappa shape index (κ1) is 16.3. The minimum atomic E-state index is -4.68. The smallest absolute Gasteiger partial charge is 0.416 e. The SMILES string of the molecule is O=[N+]([O-])c1cc(C(F)(F)F)ccc1N/N=C/c1ccccc1O. The first-order valence-corrected chi connectivity index (χ1v) is 6.22. The average molecular weight is 325 g/mol. The van der Waals surface area contributed by atoms with Gasteiger partial charge in [-0.2, -0.15) is 18.3 Å². The van der Waals surface area contributed by atoms with Gasteiger partial charge in [-0.3, -0.25) is 15.5 Å². The number of aromatic hydroxyl groups is 1. The molecule has 0 heterocycles. The summed E-state index contributed by atoms with van der Waals surface area (Å²) in [7, 11) is 0. The van der Waals surface area contributed by atoms with Crippen LogP contribution in [0.2, 0.25) is 0 Å². The molecule has 0 aromatic heterocycles. The van der Waals surface area contributed by atoms with E-state index >= 15 is 0 Å². The Balaban J connectivity index is 2.26. The first-order chi connectivity index (χ1) is 10.8. The quantitative estimate of drug-likeness (QED) is 0.509. The maximum absolute atomic E-state index is 12.6. The van der Waals surface area contributed by atoms with Crippen LogP contribution in [0.15, 0.2) is 47.6 Å². The average Bonchev–Trinajstić information content (AvgIpc) is 2.48. The molecule has 0 radical (unpaired) electrons. The zero-order valence-electron chi connectivity index (χ0n) is 11.4. The van der Waals surface area contributed by atoms with Crippen molar-refractivity contribution in [2.45, 2.75) is 6.18 Å². The molecule has 2 aromatic rings. The molecule has 2 aromatic carbocycles. The van der Waals surface area contributed by atoms with E-state index < -0.39 is 22.4 Å². The predicted molar refractivity (Wildman–Crippen MR) is 77.4 cm³/mol. The second kappa shape index (κ2) is 6.34. The van der Waals surface area contributed by atoms with Crippen molar-refractivity contribution in [2.24, 2.45) is 5.10 Å². The lowest BCUT2D eigenvalue weighted by Crippen LogP contribution is -2.06. The lowest BCUT2D eigenvalue weighted by atomic mass is 10.1. The van der Waals surface area contributed by atoms with Crippen LogP contribution in [0, 0.1) is 10.1 Å². The van der Waals surface area contributed by atoms with Gasteiger partial charge in [-0.15, -0.1) is 0 Å². The van der Waals surface area contributed by atoms with Crippen molar-refractivity contribution in [3.05, 3.63) is 63.7 Å². The number of halogens is 3. The Morgan fingerprint density at radius 3 is 2.52 bits per heavy atom. The van der Waals surface area contributed by atoms with Gasteiger partial charge >= 0.3 is 6.18 Å². The number of nitrogens with one attached hydrogen (secondary N) is 1. The highest BCUT2D eigenvalue weighted by molar-refractivity contribution is 5.84. The van der Waals surface area contributed by atoms with Crippen LogP contribution in [0.5, 0.6) is 5.75 Å². The third-order valence-electron chi connectivity index (χ3n) is 2.85. The van der Waals surface area contributed by atoms with E-state index in [1.165, 1.54) is 12.3 Å². The fourth-order valence-corrected chi connectivity index (χ4v) is 1.72. The molecule has 0 spiro atoms. The second-order valence-corrected chi connectivity index (χ2v) is 4.42. The minimum Gasteiger partial charge on any atom is -0.507 e. The monoisotopic (exact) mass is 325 g/mol. The highest BCUT2D eigenvalue weighted by Crippen LogP contribution is 2.34. The number of anilines is 1. The number of nitrogens with zero attached hydrogens (tertiary/aromatic N) is 2. The molecule has 0 amide bonds. The van der Waals surface area contributed by atoms with Gasteiger partial charge in [0.2, 0.25) is 0 Å². The minimum absolute atomic E-state index is 0.0556. The number of phenolic OH excluding ortho intramolecular Hbond substituents is 1. The van der Waals surface area contributed by atoms with Gasteiger partial charge in [0.15, 0.2) is 0 Å². The van der Waals surface area contributed by atoms with Gasteiger partial charge < -0.3 is 5.11 Å². The highest BCUT2D eigenvalue weighted by Gasteiger charge is 2.33. The molecule has 0 aliphatic rings. The van der Waals surface area contributed by atoms with Gasteiger partial charge in [0.05, 0.1) is 16.7 Å². The number of para-hydroxylation sites is 1. The van der Waals surface area contributed by atoms with E-state index in [1.54, 1.807) is 18.2 Å². The maximum atomic E-state index is 12.6. The number of nitro benzene ring substituents is 1. The zero-order chi connectivity index (χ0) is 17.0. The van der Waals surface area contributed by atoms with Crippen LogP contribution in [0.4, 0.5) is 24.5 Å². The molecule has 0 saturated carbocycles. The molecule has 0 unspecified atom stereocenters. The summed E-state index contributed by atoms with van der Waals surface area (Å²) in [6.07, 6.45) is -3.49. The normalized spacial score (nSPS) is 11.6. The Kier molecular flexibility index (Phi) is 4.49. The summed E-state index contributed by atoms with van der Waals surface area (Å²) < 4.78 is 37.7. The van der Waals surface area contributed by atoms with Gasteiger partial charge in [-0.25, -0.2) is 0 Å². The fraction of sp³-hybridized carbons (Fsp3) is 0.0714. The zero-order valence-corrected chi connectivity index (χ0v) is 11.4. The Hall–Kier alpha value is -3.10. The molecule has 0 fully saturated rings. The lowest BCUT2D eigenvalue weighted by molar-refractivity contribution is -0.384. The number of alkyl halides is 3. The summed E-state index contributed by atoms with van der Waals surface area (Å²) in [5, 5.41) is 24.1. The van der Waals surface area contributed by atoms with E-state index in [2.05, 4.69) is 10.5 Å². The maximum Gasteiger partial charge on any atom is 0.416 e. The first-order valence-electron chi connectivity index (χ1n) is 6.22. The molecule has 23 heavy (non-hydrogen) atoms. The largest absolute Gasteiger partial charge is 0.507 e. The van der Waals surface area contributed by atoms with Crippen molar-refractivity contribution in [1.29, 1.82) is 0 Å². The Bertz CT molecular complexity index is 760. The predicted octanol–water partition coefficient (Wildman–Crippen LogP) is 3.77. The third-order valence-corrected chi connectivity index (χ3v) is 2.85. The van der Waals surface area contributed by atoms with Crippen molar-refractivity contribution in [2.75, 3.05) is 5.43 Å². The second-order valence-electron chi connectivity index (χ2n) is 4.42. The summed E-state index contributed by atoms with van der Waals surface area (Å²) in [6, 6.07) is 8.26. The van der Waals surface area contributed by atoms with Crippen LogP contribution in [0.1, 0.15) is 11.1 Å². The van der Waals surface area contributed by atoms with Crippen LogP contribution < -0.4 is 5.43 Å². The van der Waals surface area contributed by atoms with Crippen LogP contribution in [-0.4, -0.2) is 16.2 Å². The highest BCUT2D eigenvalue weighted by atomic mass is 19.4. The van der Waals surface area contributed by atoms with Crippen molar-refractivity contribution in [1.82, 2.24) is 0 Å². The molecule has 9 heteroatoms. The molecule has 6 nitrogen and oxygen atoms in total. The van der Waals surface area contributed by atoms with Gasteiger partial charge in [-0.1, -0.05) is 12.1 Å². The number of phenols is 1. The number of hydrogen-bond donors (Lipinski definition) is 2. The van der Waals surface area contributed by atoms with Crippen molar-refractivity contribution in [3.8, 4) is 5.75 Å². The molecule has 0 aliphatic heterocycles. The summed E-state index contributed by atoms with van der Waals surface area (Å²) >= 11 is 0. The van der Waals surface area contributed by atoms with E-state index in [1.807, 2.05) is 0 Å². The summed E-state index contributed by atoms with van der Waals surface area (Å²) in [4.78, 5) is 9.96. The molecular weight excluding hydrogens is 315 g/mol. The number of nitro groups is 1. The number of hydrogen-bond acceptors (Lipinski definition) is 5. The third kappa shape index (κ3) is 3.96. The lowest BCUT2D eigenvalue weighted by Gasteiger charge is -2.08. The summed E-state index contributed by atoms with van der Waals surface area (Å²) in [5.74, 6) is -0.0556. The van der Waals surface area contributed by atoms with Gasteiger partial charge in [0.1, 0.15) is 11.4 Å². The van der Waals surface area contributed by atoms with Gasteiger partial charge in [0.25, 0.3) is 5.69 Å². The summed E-state index contributed by atoms with van der Waals surface area (Å²) in [6.45, 7) is 0. The standard InChI is InChI=1S/C14H10F3N3O3/c15-14(16,17)10-5-6-11(12(7-10)20(22)23)19-18-8-9-3-1-2-4-13(9)21/h1-8,19,21H/b18-8+. The van der Waals surface area contributed by atoms with Crippen LogP contribution in [-0.2, 0) is 6.18 Å². The topological polar surface area (TPSA) is 87.8 Å². The van der Waals surface area contributed by atoms with Crippen molar-refractivity contribution in [3.63, 3.8) is 0 Å². The van der Waals surface area contributed by atoms with Crippen LogP contribution in [0.25, 0.3) is 0 Å². The van der Waals surface area contributed by atoms with Crippen LogP contribution in [0.3, 0.4) is 0 Å². The molecule has 2 N–H and O–H groups in total. The Morgan fingerprint density at radius 1 is 1.22 bits per heavy atom. The molecule has 0 saturated heterocycles. The van der Waals surface area contributed by atoms with Crippen molar-refractivity contribution < 1.29 is 23.2 Å².